The van der Waals surface area contributed by atoms with E-state index in [1.165, 1.54) is 12.1 Å². The Labute approximate surface area is 192 Å². The lowest BCUT2D eigenvalue weighted by molar-refractivity contribution is 0.0940. The van der Waals surface area contributed by atoms with Crippen LogP contribution >= 0.6 is 0 Å². The third-order valence-electron chi connectivity index (χ3n) is 6.26. The molecule has 1 amide bonds. The number of hydrogen-bond donors (Lipinski definition) is 1. The number of nitrogens with one attached hydrogen (secondary N) is 1. The van der Waals surface area contributed by atoms with Crippen molar-refractivity contribution in [3.05, 3.63) is 65.1 Å². The van der Waals surface area contributed by atoms with Gasteiger partial charge in [0.25, 0.3) is 5.91 Å². The summed E-state index contributed by atoms with van der Waals surface area (Å²) in [7, 11) is 0. The normalized spacial score (nSPS) is 15.5. The molecule has 172 valence electrons. The number of aromatic nitrogens is 1. The Morgan fingerprint density at radius 3 is 2.70 bits per heavy atom. The van der Waals surface area contributed by atoms with Gasteiger partial charge in [0.2, 0.25) is 0 Å². The van der Waals surface area contributed by atoms with E-state index in [0.29, 0.717) is 23.6 Å². The van der Waals surface area contributed by atoms with Crippen molar-refractivity contribution in [3.8, 4) is 17.1 Å². The molecule has 0 spiro atoms. The fourth-order valence-electron chi connectivity index (χ4n) is 4.40. The van der Waals surface area contributed by atoms with Gasteiger partial charge in [-0.15, -0.1) is 0 Å². The number of rotatable bonds is 6. The first kappa shape index (κ1) is 21.5. The van der Waals surface area contributed by atoms with Crippen LogP contribution in [-0.4, -0.2) is 55.2 Å². The van der Waals surface area contributed by atoms with Gasteiger partial charge in [0.05, 0.1) is 11.1 Å². The third-order valence-corrected chi connectivity index (χ3v) is 6.26. The number of nitrogens with zero attached hydrogens (tertiary/aromatic N) is 3. The molecule has 0 unspecified atom stereocenters. The topological polar surface area (TPSA) is 70.8 Å². The van der Waals surface area contributed by atoms with E-state index in [1.807, 2.05) is 37.3 Å². The Balaban J connectivity index is 1.09. The number of aryl methyl sites for hydroxylation is 1. The van der Waals surface area contributed by atoms with Crippen molar-refractivity contribution in [3.63, 3.8) is 0 Å². The zero-order valence-corrected chi connectivity index (χ0v) is 18.6. The molecular formula is C25H27FN4O3. The number of amides is 1. The fraction of sp³-hybridized carbons (Fsp3) is 0.360. The predicted molar refractivity (Wildman–Crippen MR) is 123 cm³/mol. The van der Waals surface area contributed by atoms with Gasteiger partial charge in [-0.1, -0.05) is 16.8 Å². The Morgan fingerprint density at radius 2 is 1.91 bits per heavy atom. The van der Waals surface area contributed by atoms with Crippen molar-refractivity contribution in [2.75, 3.05) is 44.2 Å². The number of fused-ring (bicyclic) bond motifs is 3. The minimum Gasteiger partial charge on any atom is -0.488 e. The maximum absolute atomic E-state index is 13.1. The van der Waals surface area contributed by atoms with Crippen LogP contribution in [0.25, 0.3) is 11.3 Å². The van der Waals surface area contributed by atoms with Crippen LogP contribution in [0.4, 0.5) is 10.1 Å². The van der Waals surface area contributed by atoms with Crippen molar-refractivity contribution in [1.29, 1.82) is 0 Å². The summed E-state index contributed by atoms with van der Waals surface area (Å²) < 4.78 is 24.4. The molecular weight excluding hydrogens is 423 g/mol. The summed E-state index contributed by atoms with van der Waals surface area (Å²) in [6.07, 6.45) is 0.848. The lowest BCUT2D eigenvalue weighted by Gasteiger charge is -2.36. The van der Waals surface area contributed by atoms with Crippen LogP contribution in [0.2, 0.25) is 0 Å². The van der Waals surface area contributed by atoms with E-state index in [9.17, 15) is 9.18 Å². The van der Waals surface area contributed by atoms with Crippen LogP contribution in [0, 0.1) is 12.7 Å². The summed E-state index contributed by atoms with van der Waals surface area (Å²) in [6, 6.07) is 12.5. The summed E-state index contributed by atoms with van der Waals surface area (Å²) in [5.74, 6) is 0.915. The molecule has 33 heavy (non-hydrogen) atoms. The molecule has 5 rings (SSSR count). The quantitative estimate of drug-likeness (QED) is 0.579. The average molecular weight is 451 g/mol. The van der Waals surface area contributed by atoms with E-state index in [0.717, 1.165) is 61.7 Å². The van der Waals surface area contributed by atoms with Crippen LogP contribution in [0.1, 0.15) is 28.0 Å². The van der Waals surface area contributed by atoms with E-state index >= 15 is 0 Å². The number of ether oxygens (including phenoxy) is 1. The molecule has 1 saturated heterocycles. The largest absolute Gasteiger partial charge is 0.488 e. The van der Waals surface area contributed by atoms with E-state index in [2.05, 4.69) is 20.3 Å². The Morgan fingerprint density at radius 1 is 1.12 bits per heavy atom. The van der Waals surface area contributed by atoms with Crippen molar-refractivity contribution in [1.82, 2.24) is 15.4 Å². The van der Waals surface area contributed by atoms with Gasteiger partial charge in [-0.3, -0.25) is 9.69 Å². The first-order chi connectivity index (χ1) is 16.1. The zero-order chi connectivity index (χ0) is 22.8. The van der Waals surface area contributed by atoms with Crippen LogP contribution in [0.3, 0.4) is 0 Å². The van der Waals surface area contributed by atoms with Gasteiger partial charge in [-0.2, -0.15) is 0 Å². The molecule has 2 aromatic carbocycles. The third kappa shape index (κ3) is 4.57. The standard InChI is InChI=1S/C25H27FN4O3/c1-17-3-8-22-20(15-17)24-21(16-32-22)23(28-33-24)25(31)27-9-2-10-29-11-13-30(14-12-29)19-6-4-18(26)5-7-19/h3-8,15H,2,9-14,16H2,1H3,(H,27,31). The molecule has 3 aromatic rings. The molecule has 8 heteroatoms. The molecule has 1 aromatic heterocycles. The summed E-state index contributed by atoms with van der Waals surface area (Å²) >= 11 is 0. The average Bonchev–Trinajstić information content (AvgIpc) is 3.27. The molecule has 0 aliphatic carbocycles. The summed E-state index contributed by atoms with van der Waals surface area (Å²) in [5.41, 5.74) is 3.97. The monoisotopic (exact) mass is 450 g/mol. The Kier molecular flexibility index (Phi) is 6.00. The molecule has 7 nitrogen and oxygen atoms in total. The number of carbonyl (C=O) groups is 1. The van der Waals surface area contributed by atoms with Crippen molar-refractivity contribution in [2.45, 2.75) is 20.0 Å². The SMILES string of the molecule is Cc1ccc2c(c1)-c1onc(C(=O)NCCCN3CCN(c4ccc(F)cc4)CC3)c1CO2. The summed E-state index contributed by atoms with van der Waals surface area (Å²) in [6.45, 7) is 7.45. The minimum atomic E-state index is -0.235. The van der Waals surface area contributed by atoms with E-state index in [1.54, 1.807) is 0 Å². The summed E-state index contributed by atoms with van der Waals surface area (Å²) in [4.78, 5) is 17.4. The van der Waals surface area contributed by atoms with Crippen molar-refractivity contribution < 1.29 is 18.4 Å². The van der Waals surface area contributed by atoms with Crippen LogP contribution in [0.15, 0.2) is 47.0 Å². The molecule has 1 N–H and O–H groups in total. The molecule has 2 aliphatic heterocycles. The second-order valence-corrected chi connectivity index (χ2v) is 8.54. The number of halogens is 1. The van der Waals surface area contributed by atoms with Gasteiger partial charge in [0.15, 0.2) is 11.5 Å². The predicted octanol–water partition coefficient (Wildman–Crippen LogP) is 3.62. The first-order valence-corrected chi connectivity index (χ1v) is 11.3. The molecule has 0 atom stereocenters. The van der Waals surface area contributed by atoms with Gasteiger partial charge in [-0.05, 0) is 56.3 Å². The van der Waals surface area contributed by atoms with Gasteiger partial charge in [0.1, 0.15) is 18.2 Å². The molecule has 3 heterocycles. The lowest BCUT2D eigenvalue weighted by atomic mass is 10.0. The Hall–Kier alpha value is -3.39. The number of carbonyl (C=O) groups excluding carboxylic acids is 1. The maximum Gasteiger partial charge on any atom is 0.273 e. The van der Waals surface area contributed by atoms with Gasteiger partial charge < -0.3 is 19.5 Å². The highest BCUT2D eigenvalue weighted by Crippen LogP contribution is 2.39. The molecule has 0 radical (unpaired) electrons. The van der Waals surface area contributed by atoms with Crippen molar-refractivity contribution >= 4 is 11.6 Å². The van der Waals surface area contributed by atoms with E-state index < -0.39 is 0 Å². The number of anilines is 1. The van der Waals surface area contributed by atoms with Crippen molar-refractivity contribution in [2.24, 2.45) is 0 Å². The highest BCUT2D eigenvalue weighted by molar-refractivity contribution is 5.95. The van der Waals surface area contributed by atoms with Crippen LogP contribution < -0.4 is 15.0 Å². The summed E-state index contributed by atoms with van der Waals surface area (Å²) in [5, 5.41) is 6.99. The van der Waals surface area contributed by atoms with Crippen LogP contribution in [0.5, 0.6) is 5.75 Å². The zero-order valence-electron chi connectivity index (χ0n) is 18.6. The van der Waals surface area contributed by atoms with E-state index in [4.69, 9.17) is 9.26 Å². The van der Waals surface area contributed by atoms with E-state index in [-0.39, 0.29) is 18.3 Å². The van der Waals surface area contributed by atoms with Crippen LogP contribution in [-0.2, 0) is 6.61 Å². The Bertz CT molecular complexity index is 1140. The molecule has 0 bridgehead atoms. The second kappa shape index (κ2) is 9.23. The maximum atomic E-state index is 13.1. The van der Waals surface area contributed by atoms with Gasteiger partial charge in [0, 0.05) is 38.4 Å². The molecule has 2 aliphatic rings. The fourth-order valence-corrected chi connectivity index (χ4v) is 4.40. The lowest BCUT2D eigenvalue weighted by Crippen LogP contribution is -2.47. The molecule has 1 fully saturated rings. The first-order valence-electron chi connectivity index (χ1n) is 11.3. The highest BCUT2D eigenvalue weighted by atomic mass is 19.1. The number of piperazine rings is 1. The number of hydrogen-bond acceptors (Lipinski definition) is 6. The molecule has 0 saturated carbocycles. The number of benzene rings is 2. The van der Waals surface area contributed by atoms with Gasteiger partial charge >= 0.3 is 0 Å². The second-order valence-electron chi connectivity index (χ2n) is 8.54. The highest BCUT2D eigenvalue weighted by Gasteiger charge is 2.28. The smallest absolute Gasteiger partial charge is 0.273 e. The minimum absolute atomic E-state index is 0.210. The van der Waals surface area contributed by atoms with Gasteiger partial charge in [-0.25, -0.2) is 4.39 Å².